The molecule has 0 amide bonds. The predicted octanol–water partition coefficient (Wildman–Crippen LogP) is 6.44. The first kappa shape index (κ1) is 22.7. The van der Waals surface area contributed by atoms with E-state index in [0.717, 1.165) is 61.5 Å². The third-order valence-electron chi connectivity index (χ3n) is 5.85. The molecule has 0 aliphatic heterocycles. The minimum atomic E-state index is 0.661. The Balaban J connectivity index is 1.62. The van der Waals surface area contributed by atoms with Gasteiger partial charge in [-0.1, -0.05) is 24.3 Å². The molecule has 0 bridgehead atoms. The van der Waals surface area contributed by atoms with Crippen molar-refractivity contribution in [2.75, 3.05) is 14.1 Å². The Morgan fingerprint density at radius 3 is 2.69 bits per heavy atom. The van der Waals surface area contributed by atoms with Crippen LogP contribution in [0.25, 0.3) is 49.6 Å². The van der Waals surface area contributed by atoms with Gasteiger partial charge in [-0.05, 0) is 55.5 Å². The zero-order chi connectivity index (χ0) is 24.5. The lowest BCUT2D eigenvalue weighted by atomic mass is 10.1. The Morgan fingerprint density at radius 1 is 1.09 bits per heavy atom. The highest BCUT2D eigenvalue weighted by Gasteiger charge is 2.17. The molecule has 5 aromatic rings. The van der Waals surface area contributed by atoms with Gasteiger partial charge in [-0.3, -0.25) is 10.1 Å². The number of allylic oxidation sites excluding steroid dienone is 5. The van der Waals surface area contributed by atoms with Gasteiger partial charge in [0.15, 0.2) is 11.5 Å². The maximum atomic E-state index is 5.02. The molecule has 5 heterocycles. The predicted molar refractivity (Wildman–Crippen MR) is 145 cm³/mol. The van der Waals surface area contributed by atoms with Crippen molar-refractivity contribution in [2.24, 2.45) is 0 Å². The second-order valence-corrected chi connectivity index (χ2v) is 9.76. The fourth-order valence-corrected chi connectivity index (χ4v) is 4.50. The first-order valence-corrected chi connectivity index (χ1v) is 12.2. The second-order valence-electron chi connectivity index (χ2n) is 8.81. The summed E-state index contributed by atoms with van der Waals surface area (Å²) in [6.45, 7) is 8.17. The van der Waals surface area contributed by atoms with E-state index in [0.29, 0.717) is 11.5 Å². The summed E-state index contributed by atoms with van der Waals surface area (Å²) in [5.74, 6) is 0.661. The number of hydrogen-bond donors (Lipinski definition) is 2. The summed E-state index contributed by atoms with van der Waals surface area (Å²) >= 11 is 1.67. The molecule has 176 valence electrons. The molecule has 0 aliphatic rings. The molecule has 0 unspecified atom stereocenters. The number of fused-ring (bicyclic) bond motifs is 2. The molecule has 0 radical (unpaired) electrons. The van der Waals surface area contributed by atoms with E-state index in [1.807, 2.05) is 45.4 Å². The minimum Gasteiger partial charge on any atom is -0.381 e. The molecule has 0 atom stereocenters. The molecule has 35 heavy (non-hydrogen) atoms. The van der Waals surface area contributed by atoms with E-state index in [4.69, 9.17) is 9.97 Å². The average molecular weight is 482 g/mol. The number of H-pyrrole nitrogens is 2. The molecule has 0 saturated carbocycles. The van der Waals surface area contributed by atoms with Crippen molar-refractivity contribution in [2.45, 2.75) is 20.3 Å². The number of thiophene rings is 1. The van der Waals surface area contributed by atoms with E-state index < -0.39 is 0 Å². The van der Waals surface area contributed by atoms with Gasteiger partial charge in [-0.15, -0.1) is 11.3 Å². The summed E-state index contributed by atoms with van der Waals surface area (Å²) in [5, 5.41) is 9.72. The van der Waals surface area contributed by atoms with Gasteiger partial charge >= 0.3 is 0 Å². The van der Waals surface area contributed by atoms with Crippen LogP contribution in [0, 0.1) is 0 Å². The Kier molecular flexibility index (Phi) is 6.05. The van der Waals surface area contributed by atoms with Gasteiger partial charge in [0, 0.05) is 36.4 Å². The van der Waals surface area contributed by atoms with Gasteiger partial charge in [0.1, 0.15) is 11.0 Å². The van der Waals surface area contributed by atoms with Gasteiger partial charge in [0.05, 0.1) is 22.9 Å². The number of aromatic amines is 2. The normalized spacial score (nSPS) is 12.6. The fourth-order valence-electron chi connectivity index (χ4n) is 3.76. The molecule has 5 rings (SSSR count). The third kappa shape index (κ3) is 4.52. The van der Waals surface area contributed by atoms with E-state index in [9.17, 15) is 0 Å². The van der Waals surface area contributed by atoms with E-state index in [1.54, 1.807) is 17.5 Å². The van der Waals surface area contributed by atoms with E-state index in [1.165, 1.54) is 0 Å². The lowest BCUT2D eigenvalue weighted by Crippen LogP contribution is -2.08. The van der Waals surface area contributed by atoms with Gasteiger partial charge in [-0.2, -0.15) is 5.10 Å². The molecule has 0 spiro atoms. The fraction of sp³-hybridized carbons (Fsp3) is 0.185. The van der Waals surface area contributed by atoms with Crippen molar-refractivity contribution in [1.29, 1.82) is 0 Å². The number of rotatable bonds is 7. The molecule has 0 aliphatic carbocycles. The summed E-state index contributed by atoms with van der Waals surface area (Å²) < 4.78 is 0. The first-order valence-electron chi connectivity index (χ1n) is 11.3. The standard InChI is InChI=1S/C27H27N7S/c1-16(2)8-9-18(13-17(3)34(4)5)20-10-11-21-25(29-20)26(33-32-21)27-30-22-15-28-14-19(24(22)31-27)23-7-6-12-35-23/h6-7,9-15H,1,8H2,2-5H3,(H,30,31)(H,32,33)/b17-13+,18-9+. The lowest BCUT2D eigenvalue weighted by Gasteiger charge is -2.14. The van der Waals surface area contributed by atoms with Gasteiger partial charge < -0.3 is 9.88 Å². The second kappa shape index (κ2) is 9.31. The van der Waals surface area contributed by atoms with Crippen molar-refractivity contribution in [1.82, 2.24) is 35.0 Å². The Hall–Kier alpha value is -4.04. The third-order valence-corrected chi connectivity index (χ3v) is 6.75. The Labute approximate surface area is 208 Å². The van der Waals surface area contributed by atoms with Crippen LogP contribution < -0.4 is 0 Å². The summed E-state index contributed by atoms with van der Waals surface area (Å²) in [7, 11) is 4.07. The summed E-state index contributed by atoms with van der Waals surface area (Å²) in [6, 6.07) is 8.15. The molecular weight excluding hydrogens is 454 g/mol. The molecule has 7 nitrogen and oxygen atoms in total. The molecule has 0 saturated heterocycles. The average Bonchev–Trinajstić information content (AvgIpc) is 3.59. The Morgan fingerprint density at radius 2 is 1.94 bits per heavy atom. The van der Waals surface area contributed by atoms with Crippen LogP contribution in [0.3, 0.4) is 0 Å². The SMILES string of the molecule is C=C(C)C/C=C(\C=C(/C)N(C)C)c1ccc2[nH]nc(-c3nc4c(-c5cccs5)cncc4[nH]3)c2n1. The zero-order valence-corrected chi connectivity index (χ0v) is 21.1. The van der Waals surface area contributed by atoms with Crippen molar-refractivity contribution < 1.29 is 0 Å². The quantitative estimate of drug-likeness (QED) is 0.206. The highest BCUT2D eigenvalue weighted by Crippen LogP contribution is 2.33. The van der Waals surface area contributed by atoms with E-state index in [-0.39, 0.29) is 0 Å². The van der Waals surface area contributed by atoms with Crippen LogP contribution >= 0.6 is 11.3 Å². The van der Waals surface area contributed by atoms with Crippen molar-refractivity contribution in [3.05, 3.63) is 77.7 Å². The largest absolute Gasteiger partial charge is 0.381 e. The van der Waals surface area contributed by atoms with E-state index >= 15 is 0 Å². The number of nitrogens with zero attached hydrogens (tertiary/aromatic N) is 5. The lowest BCUT2D eigenvalue weighted by molar-refractivity contribution is 0.514. The van der Waals surface area contributed by atoms with Crippen molar-refractivity contribution in [3.8, 4) is 22.0 Å². The molecule has 0 aromatic carbocycles. The Bertz CT molecular complexity index is 1580. The molecule has 2 N–H and O–H groups in total. The molecular formula is C27H27N7S. The highest BCUT2D eigenvalue weighted by molar-refractivity contribution is 7.13. The van der Waals surface area contributed by atoms with Crippen LogP contribution in [-0.4, -0.2) is 49.1 Å². The van der Waals surface area contributed by atoms with Crippen LogP contribution in [0.5, 0.6) is 0 Å². The van der Waals surface area contributed by atoms with Crippen LogP contribution in [0.15, 0.2) is 72.0 Å². The summed E-state index contributed by atoms with van der Waals surface area (Å²) in [4.78, 5) is 20.9. The van der Waals surface area contributed by atoms with Crippen molar-refractivity contribution >= 4 is 39.0 Å². The number of imidazole rings is 1. The summed E-state index contributed by atoms with van der Waals surface area (Å²) in [6.07, 6.45) is 8.76. The van der Waals surface area contributed by atoms with E-state index in [2.05, 4.69) is 62.2 Å². The summed E-state index contributed by atoms with van der Waals surface area (Å²) in [5.41, 5.74) is 9.20. The van der Waals surface area contributed by atoms with Crippen LogP contribution in [-0.2, 0) is 0 Å². The maximum absolute atomic E-state index is 5.02. The number of aromatic nitrogens is 6. The van der Waals surface area contributed by atoms with Crippen molar-refractivity contribution in [3.63, 3.8) is 0 Å². The monoisotopic (exact) mass is 481 g/mol. The van der Waals surface area contributed by atoms with Gasteiger partial charge in [0.25, 0.3) is 0 Å². The first-order chi connectivity index (χ1) is 16.9. The van der Waals surface area contributed by atoms with Crippen LogP contribution in [0.1, 0.15) is 26.0 Å². The minimum absolute atomic E-state index is 0.661. The van der Waals surface area contributed by atoms with Crippen LogP contribution in [0.2, 0.25) is 0 Å². The number of nitrogens with one attached hydrogen (secondary N) is 2. The highest BCUT2D eigenvalue weighted by atomic mass is 32.1. The number of pyridine rings is 2. The zero-order valence-electron chi connectivity index (χ0n) is 20.3. The topological polar surface area (TPSA) is 86.4 Å². The molecule has 8 heteroatoms. The molecule has 0 fully saturated rings. The smallest absolute Gasteiger partial charge is 0.161 e. The van der Waals surface area contributed by atoms with Gasteiger partial charge in [-0.25, -0.2) is 9.97 Å². The maximum Gasteiger partial charge on any atom is 0.161 e. The van der Waals surface area contributed by atoms with Gasteiger partial charge in [0.2, 0.25) is 0 Å². The molecule has 5 aromatic heterocycles. The van der Waals surface area contributed by atoms with Crippen LogP contribution in [0.4, 0.5) is 0 Å². The number of hydrogen-bond acceptors (Lipinski definition) is 6.